The summed E-state index contributed by atoms with van der Waals surface area (Å²) in [6, 6.07) is 6.68. The van der Waals surface area contributed by atoms with Crippen molar-refractivity contribution in [3.8, 4) is 0 Å². The summed E-state index contributed by atoms with van der Waals surface area (Å²) in [6.07, 6.45) is 10.0. The molecule has 19 heavy (non-hydrogen) atoms. The van der Waals surface area contributed by atoms with Crippen LogP contribution in [0.15, 0.2) is 24.5 Å². The third-order valence-electron chi connectivity index (χ3n) is 4.51. The van der Waals surface area contributed by atoms with Crippen molar-refractivity contribution in [1.29, 1.82) is 0 Å². The maximum Gasteiger partial charge on any atom is 0.0960 e. The van der Waals surface area contributed by atoms with Gasteiger partial charge in [0.15, 0.2) is 0 Å². The molecule has 1 fully saturated rings. The minimum Gasteiger partial charge on any atom is -0.399 e. The molecule has 0 unspecified atom stereocenters. The van der Waals surface area contributed by atoms with Crippen LogP contribution in [0, 0.1) is 5.92 Å². The highest BCUT2D eigenvalue weighted by atomic mass is 15.1. The predicted molar refractivity (Wildman–Crippen MR) is 80.0 cm³/mol. The number of nitrogens with two attached hydrogens (primary N) is 1. The zero-order valence-corrected chi connectivity index (χ0v) is 11.7. The topological polar surface area (TPSA) is 43.8 Å². The maximum atomic E-state index is 5.81. The highest BCUT2D eigenvalue weighted by Crippen LogP contribution is 2.35. The smallest absolute Gasteiger partial charge is 0.0960 e. The molecule has 0 amide bonds. The molecule has 1 saturated carbocycles. The molecule has 1 aliphatic rings. The summed E-state index contributed by atoms with van der Waals surface area (Å²) in [7, 11) is 0. The van der Waals surface area contributed by atoms with Crippen molar-refractivity contribution < 1.29 is 0 Å². The van der Waals surface area contributed by atoms with Crippen LogP contribution in [-0.2, 0) is 0 Å². The van der Waals surface area contributed by atoms with Crippen LogP contribution in [0.3, 0.4) is 0 Å². The van der Waals surface area contributed by atoms with Gasteiger partial charge in [0.05, 0.1) is 17.4 Å². The van der Waals surface area contributed by atoms with Crippen LogP contribution in [0.5, 0.6) is 0 Å². The van der Waals surface area contributed by atoms with Crippen LogP contribution >= 0.6 is 0 Å². The Labute approximate surface area is 114 Å². The van der Waals surface area contributed by atoms with E-state index in [0.29, 0.717) is 6.04 Å². The van der Waals surface area contributed by atoms with Gasteiger partial charge in [-0.25, -0.2) is 4.98 Å². The SMILES string of the molecule is CCCC1CCC(n2cnc3cc(N)ccc32)CC1. The molecular weight excluding hydrogens is 234 g/mol. The monoisotopic (exact) mass is 257 g/mol. The van der Waals surface area contributed by atoms with E-state index in [1.807, 2.05) is 18.5 Å². The summed E-state index contributed by atoms with van der Waals surface area (Å²) >= 11 is 0. The van der Waals surface area contributed by atoms with Crippen LogP contribution in [0.4, 0.5) is 5.69 Å². The average molecular weight is 257 g/mol. The molecule has 1 aromatic carbocycles. The first-order valence-electron chi connectivity index (χ1n) is 7.50. The van der Waals surface area contributed by atoms with E-state index < -0.39 is 0 Å². The van der Waals surface area contributed by atoms with E-state index in [1.54, 1.807) is 0 Å². The first-order chi connectivity index (χ1) is 9.28. The van der Waals surface area contributed by atoms with Gasteiger partial charge in [0.2, 0.25) is 0 Å². The lowest BCUT2D eigenvalue weighted by molar-refractivity contribution is 0.266. The molecule has 2 N–H and O–H groups in total. The molecular formula is C16H23N3. The quantitative estimate of drug-likeness (QED) is 0.839. The molecule has 1 aliphatic carbocycles. The Morgan fingerprint density at radius 2 is 2.05 bits per heavy atom. The van der Waals surface area contributed by atoms with Gasteiger partial charge in [0, 0.05) is 11.7 Å². The normalized spacial score (nSPS) is 23.8. The van der Waals surface area contributed by atoms with Gasteiger partial charge in [-0.2, -0.15) is 0 Å². The van der Waals surface area contributed by atoms with Crippen molar-refractivity contribution in [2.24, 2.45) is 5.92 Å². The number of nitrogen functional groups attached to an aromatic ring is 1. The van der Waals surface area contributed by atoms with Gasteiger partial charge in [-0.3, -0.25) is 0 Å². The first kappa shape index (κ1) is 12.5. The van der Waals surface area contributed by atoms with Gasteiger partial charge in [-0.15, -0.1) is 0 Å². The largest absolute Gasteiger partial charge is 0.399 e. The molecule has 1 aromatic heterocycles. The lowest BCUT2D eigenvalue weighted by Crippen LogP contribution is -2.17. The molecule has 1 heterocycles. The number of nitrogens with zero attached hydrogens (tertiary/aromatic N) is 2. The lowest BCUT2D eigenvalue weighted by Gasteiger charge is -2.29. The van der Waals surface area contributed by atoms with Crippen molar-refractivity contribution in [3.05, 3.63) is 24.5 Å². The Bertz CT molecular complexity index is 550. The van der Waals surface area contributed by atoms with Gasteiger partial charge in [-0.1, -0.05) is 19.8 Å². The summed E-state index contributed by atoms with van der Waals surface area (Å²) < 4.78 is 2.36. The minimum atomic E-state index is 0.627. The fourth-order valence-electron chi connectivity index (χ4n) is 3.46. The van der Waals surface area contributed by atoms with Crippen molar-refractivity contribution in [2.75, 3.05) is 5.73 Å². The second-order valence-electron chi connectivity index (χ2n) is 5.86. The van der Waals surface area contributed by atoms with Crippen molar-refractivity contribution in [3.63, 3.8) is 0 Å². The number of hydrogen-bond donors (Lipinski definition) is 1. The third-order valence-corrected chi connectivity index (χ3v) is 4.51. The fraction of sp³-hybridized carbons (Fsp3) is 0.562. The fourth-order valence-corrected chi connectivity index (χ4v) is 3.46. The molecule has 3 heteroatoms. The van der Waals surface area contributed by atoms with Crippen molar-refractivity contribution in [2.45, 2.75) is 51.5 Å². The second kappa shape index (κ2) is 5.24. The van der Waals surface area contributed by atoms with Crippen molar-refractivity contribution >= 4 is 16.7 Å². The lowest BCUT2D eigenvalue weighted by atomic mass is 9.83. The van der Waals surface area contributed by atoms with E-state index >= 15 is 0 Å². The number of fused-ring (bicyclic) bond motifs is 1. The van der Waals surface area contributed by atoms with E-state index in [0.717, 1.165) is 17.1 Å². The Morgan fingerprint density at radius 1 is 1.26 bits per heavy atom. The summed E-state index contributed by atoms with van der Waals surface area (Å²) in [5.74, 6) is 0.951. The number of aromatic nitrogens is 2. The van der Waals surface area contributed by atoms with Crippen LogP contribution in [-0.4, -0.2) is 9.55 Å². The zero-order chi connectivity index (χ0) is 13.2. The molecule has 0 bridgehead atoms. The van der Waals surface area contributed by atoms with Crippen LogP contribution in [0.2, 0.25) is 0 Å². The van der Waals surface area contributed by atoms with Crippen LogP contribution in [0.25, 0.3) is 11.0 Å². The first-order valence-corrected chi connectivity index (χ1v) is 7.50. The Kier molecular flexibility index (Phi) is 3.45. The van der Waals surface area contributed by atoms with Crippen LogP contribution in [0.1, 0.15) is 51.5 Å². The zero-order valence-electron chi connectivity index (χ0n) is 11.7. The average Bonchev–Trinajstić information content (AvgIpc) is 2.83. The number of anilines is 1. The van der Waals surface area contributed by atoms with E-state index in [9.17, 15) is 0 Å². The summed E-state index contributed by atoms with van der Waals surface area (Å²) in [5.41, 5.74) is 8.86. The number of benzene rings is 1. The van der Waals surface area contributed by atoms with Crippen molar-refractivity contribution in [1.82, 2.24) is 9.55 Å². The Morgan fingerprint density at radius 3 is 2.79 bits per heavy atom. The summed E-state index contributed by atoms with van der Waals surface area (Å²) in [4.78, 5) is 4.49. The second-order valence-corrected chi connectivity index (χ2v) is 5.86. The summed E-state index contributed by atoms with van der Waals surface area (Å²) in [6.45, 7) is 2.29. The van der Waals surface area contributed by atoms with E-state index in [2.05, 4.69) is 22.5 Å². The van der Waals surface area contributed by atoms with Gasteiger partial charge < -0.3 is 10.3 Å². The van der Waals surface area contributed by atoms with E-state index in [1.165, 1.54) is 44.0 Å². The van der Waals surface area contributed by atoms with Gasteiger partial charge in [0.25, 0.3) is 0 Å². The van der Waals surface area contributed by atoms with E-state index in [4.69, 9.17) is 5.73 Å². The number of hydrogen-bond acceptors (Lipinski definition) is 2. The van der Waals surface area contributed by atoms with Crippen LogP contribution < -0.4 is 5.73 Å². The molecule has 0 saturated heterocycles. The maximum absolute atomic E-state index is 5.81. The van der Waals surface area contributed by atoms with Gasteiger partial charge >= 0.3 is 0 Å². The Hall–Kier alpha value is -1.51. The number of rotatable bonds is 3. The minimum absolute atomic E-state index is 0.627. The Balaban J connectivity index is 1.78. The highest BCUT2D eigenvalue weighted by molar-refractivity contribution is 5.79. The summed E-state index contributed by atoms with van der Waals surface area (Å²) in [5, 5.41) is 0. The molecule has 0 radical (unpaired) electrons. The molecule has 3 nitrogen and oxygen atoms in total. The molecule has 0 spiro atoms. The predicted octanol–water partition coefficient (Wildman–Crippen LogP) is 4.15. The molecule has 0 atom stereocenters. The van der Waals surface area contributed by atoms with Gasteiger partial charge in [-0.05, 0) is 49.8 Å². The standard InChI is InChI=1S/C16H23N3/c1-2-3-12-4-7-14(8-5-12)19-11-18-15-10-13(17)6-9-16(15)19/h6,9-12,14H,2-5,7-8,17H2,1H3. The molecule has 0 aliphatic heterocycles. The molecule has 102 valence electrons. The van der Waals surface area contributed by atoms with E-state index in [-0.39, 0.29) is 0 Å². The third kappa shape index (κ3) is 2.46. The number of imidazole rings is 1. The highest BCUT2D eigenvalue weighted by Gasteiger charge is 2.22. The molecule has 3 rings (SSSR count). The van der Waals surface area contributed by atoms with Gasteiger partial charge in [0.1, 0.15) is 0 Å². The molecule has 2 aromatic rings.